The lowest BCUT2D eigenvalue weighted by Gasteiger charge is -2.03. The van der Waals surface area contributed by atoms with Crippen molar-refractivity contribution in [1.29, 1.82) is 0 Å². The van der Waals surface area contributed by atoms with Crippen LogP contribution in [0.2, 0.25) is 0 Å². The minimum atomic E-state index is 0.644. The second-order valence-corrected chi connectivity index (χ2v) is 5.11. The number of benzene rings is 1. The molecule has 2 rings (SSSR count). The van der Waals surface area contributed by atoms with Gasteiger partial charge in [-0.15, -0.1) is 11.3 Å². The lowest BCUT2D eigenvalue weighted by Crippen LogP contribution is -1.92. The van der Waals surface area contributed by atoms with Crippen molar-refractivity contribution in [2.75, 3.05) is 12.8 Å². The first kappa shape index (κ1) is 12.1. The van der Waals surface area contributed by atoms with Crippen LogP contribution >= 0.6 is 11.3 Å². The molecule has 0 aliphatic heterocycles. The predicted molar refractivity (Wildman–Crippen MR) is 71.2 cm³/mol. The molecule has 0 radical (unpaired) electrons. The number of nitrogen functional groups attached to an aromatic ring is 1. The van der Waals surface area contributed by atoms with Gasteiger partial charge in [-0.3, -0.25) is 0 Å². The van der Waals surface area contributed by atoms with E-state index in [0.717, 1.165) is 12.1 Å². The molecule has 0 saturated heterocycles. The first-order chi connectivity index (χ1) is 8.19. The summed E-state index contributed by atoms with van der Waals surface area (Å²) in [6, 6.07) is 8.41. The number of nitrogens with zero attached hydrogens (tertiary/aromatic N) is 1. The number of rotatable bonds is 4. The van der Waals surface area contributed by atoms with Gasteiger partial charge in [-0.05, 0) is 18.1 Å². The summed E-state index contributed by atoms with van der Waals surface area (Å²) < 4.78 is 5.13. The Morgan fingerprint density at radius 2 is 2.12 bits per heavy atom. The van der Waals surface area contributed by atoms with Crippen molar-refractivity contribution in [3.63, 3.8) is 0 Å². The Labute approximate surface area is 105 Å². The van der Waals surface area contributed by atoms with Crippen LogP contribution in [0.1, 0.15) is 21.7 Å². The topological polar surface area (TPSA) is 48.1 Å². The van der Waals surface area contributed by atoms with Crippen LogP contribution in [0.4, 0.5) is 5.13 Å². The quantitative estimate of drug-likeness (QED) is 0.905. The zero-order valence-electron chi connectivity index (χ0n) is 10.1. The van der Waals surface area contributed by atoms with Crippen molar-refractivity contribution in [3.05, 3.63) is 46.0 Å². The molecule has 2 aromatic rings. The summed E-state index contributed by atoms with van der Waals surface area (Å²) in [5.74, 6) is 0. The van der Waals surface area contributed by atoms with Crippen molar-refractivity contribution in [2.45, 2.75) is 20.0 Å². The maximum atomic E-state index is 5.70. The normalized spacial score (nSPS) is 10.7. The molecule has 0 aliphatic carbocycles. The summed E-state index contributed by atoms with van der Waals surface area (Å²) in [5, 5.41) is 0.644. The molecule has 1 heterocycles. The molecule has 0 amide bonds. The van der Waals surface area contributed by atoms with Gasteiger partial charge in [-0.1, -0.05) is 24.3 Å². The number of anilines is 1. The maximum Gasteiger partial charge on any atom is 0.180 e. The third kappa shape index (κ3) is 3.05. The van der Waals surface area contributed by atoms with Gasteiger partial charge in [0.25, 0.3) is 0 Å². The van der Waals surface area contributed by atoms with Crippen molar-refractivity contribution in [3.8, 4) is 0 Å². The molecule has 3 nitrogen and oxygen atoms in total. The molecule has 0 bridgehead atoms. The molecule has 17 heavy (non-hydrogen) atoms. The molecule has 4 heteroatoms. The molecule has 0 atom stereocenters. The van der Waals surface area contributed by atoms with E-state index in [1.165, 1.54) is 16.0 Å². The summed E-state index contributed by atoms with van der Waals surface area (Å²) in [6.07, 6.45) is 0.887. The number of methoxy groups -OCH3 is 1. The molecule has 0 saturated carbocycles. The van der Waals surface area contributed by atoms with E-state index < -0.39 is 0 Å². The fourth-order valence-corrected chi connectivity index (χ4v) is 2.66. The Bertz CT molecular complexity index is 508. The summed E-state index contributed by atoms with van der Waals surface area (Å²) >= 11 is 1.56. The van der Waals surface area contributed by atoms with Crippen LogP contribution in [-0.4, -0.2) is 12.1 Å². The number of aryl methyl sites for hydroxylation is 1. The number of nitrogens with two attached hydrogens (primary N) is 1. The van der Waals surface area contributed by atoms with Gasteiger partial charge in [0.2, 0.25) is 0 Å². The van der Waals surface area contributed by atoms with Gasteiger partial charge in [-0.25, -0.2) is 4.98 Å². The zero-order valence-corrected chi connectivity index (χ0v) is 10.9. The molecule has 90 valence electrons. The van der Waals surface area contributed by atoms with Crippen molar-refractivity contribution in [1.82, 2.24) is 4.98 Å². The Hall–Kier alpha value is -1.39. The van der Waals surface area contributed by atoms with Crippen LogP contribution in [0.25, 0.3) is 0 Å². The lowest BCUT2D eigenvalue weighted by molar-refractivity contribution is 0.185. The Morgan fingerprint density at radius 3 is 2.76 bits per heavy atom. The average Bonchev–Trinajstić information content (AvgIpc) is 2.58. The molecule has 1 aromatic heterocycles. The fourth-order valence-electron chi connectivity index (χ4n) is 1.80. The van der Waals surface area contributed by atoms with Crippen molar-refractivity contribution >= 4 is 16.5 Å². The molecule has 0 aliphatic rings. The van der Waals surface area contributed by atoms with E-state index in [1.54, 1.807) is 18.4 Å². The smallest absolute Gasteiger partial charge is 0.180 e. The van der Waals surface area contributed by atoms with Gasteiger partial charge in [0.05, 0.1) is 12.3 Å². The van der Waals surface area contributed by atoms with E-state index in [1.807, 2.05) is 6.92 Å². The summed E-state index contributed by atoms with van der Waals surface area (Å²) in [4.78, 5) is 5.47. The van der Waals surface area contributed by atoms with E-state index in [-0.39, 0.29) is 0 Å². The van der Waals surface area contributed by atoms with E-state index in [0.29, 0.717) is 11.7 Å². The minimum Gasteiger partial charge on any atom is -0.380 e. The highest BCUT2D eigenvalue weighted by Gasteiger charge is 2.06. The molecule has 2 N–H and O–H groups in total. The van der Waals surface area contributed by atoms with Crippen LogP contribution in [-0.2, 0) is 17.8 Å². The molecule has 0 fully saturated rings. The first-order valence-corrected chi connectivity index (χ1v) is 6.29. The van der Waals surface area contributed by atoms with Crippen LogP contribution in [0, 0.1) is 6.92 Å². The Balaban J connectivity index is 2.18. The number of hydrogen-bond acceptors (Lipinski definition) is 4. The monoisotopic (exact) mass is 248 g/mol. The van der Waals surface area contributed by atoms with Gasteiger partial charge >= 0.3 is 0 Å². The van der Waals surface area contributed by atoms with Crippen LogP contribution in [0.3, 0.4) is 0 Å². The summed E-state index contributed by atoms with van der Waals surface area (Å²) in [5.41, 5.74) is 9.19. The maximum absolute atomic E-state index is 5.70. The van der Waals surface area contributed by atoms with E-state index in [4.69, 9.17) is 10.5 Å². The SMILES string of the molecule is COCc1cccc(Cc2sc(N)nc2C)c1. The first-order valence-electron chi connectivity index (χ1n) is 5.47. The summed E-state index contributed by atoms with van der Waals surface area (Å²) in [7, 11) is 1.71. The standard InChI is InChI=1S/C13H16N2OS/c1-9-12(17-13(14)15-9)7-10-4-3-5-11(6-10)8-16-2/h3-6H,7-8H2,1-2H3,(H2,14,15). The van der Waals surface area contributed by atoms with Crippen molar-refractivity contribution in [2.24, 2.45) is 0 Å². The number of thiazole rings is 1. The van der Waals surface area contributed by atoms with Crippen molar-refractivity contribution < 1.29 is 4.74 Å². The van der Waals surface area contributed by atoms with E-state index >= 15 is 0 Å². The predicted octanol–water partition coefficient (Wildman–Crippen LogP) is 2.77. The zero-order chi connectivity index (χ0) is 12.3. The third-order valence-corrected chi connectivity index (χ3v) is 3.56. The van der Waals surface area contributed by atoms with Gasteiger partial charge in [0.15, 0.2) is 5.13 Å². The highest BCUT2D eigenvalue weighted by molar-refractivity contribution is 7.15. The van der Waals surface area contributed by atoms with E-state index in [9.17, 15) is 0 Å². The molecular formula is C13H16N2OS. The van der Waals surface area contributed by atoms with E-state index in [2.05, 4.69) is 29.2 Å². The Morgan fingerprint density at radius 1 is 1.35 bits per heavy atom. The molecule has 0 unspecified atom stereocenters. The molecule has 1 aromatic carbocycles. The molecule has 0 spiro atoms. The van der Waals surface area contributed by atoms with Gasteiger partial charge < -0.3 is 10.5 Å². The minimum absolute atomic E-state index is 0.644. The highest BCUT2D eigenvalue weighted by Crippen LogP contribution is 2.23. The largest absolute Gasteiger partial charge is 0.380 e. The van der Waals surface area contributed by atoms with Gasteiger partial charge in [0.1, 0.15) is 0 Å². The second-order valence-electron chi connectivity index (χ2n) is 3.99. The second kappa shape index (κ2) is 5.29. The number of hydrogen-bond donors (Lipinski definition) is 1. The highest BCUT2D eigenvalue weighted by atomic mass is 32.1. The average molecular weight is 248 g/mol. The van der Waals surface area contributed by atoms with Crippen LogP contribution < -0.4 is 5.73 Å². The Kier molecular flexibility index (Phi) is 3.76. The number of ether oxygens (including phenoxy) is 1. The number of aromatic nitrogens is 1. The van der Waals surface area contributed by atoms with Gasteiger partial charge in [-0.2, -0.15) is 0 Å². The van der Waals surface area contributed by atoms with Crippen LogP contribution in [0.5, 0.6) is 0 Å². The summed E-state index contributed by atoms with van der Waals surface area (Å²) in [6.45, 7) is 2.65. The lowest BCUT2D eigenvalue weighted by atomic mass is 10.1. The van der Waals surface area contributed by atoms with Gasteiger partial charge in [0, 0.05) is 18.4 Å². The third-order valence-electron chi connectivity index (χ3n) is 2.58. The molecular weight excluding hydrogens is 232 g/mol. The van der Waals surface area contributed by atoms with Crippen LogP contribution in [0.15, 0.2) is 24.3 Å². The fraction of sp³-hybridized carbons (Fsp3) is 0.308.